The van der Waals surface area contributed by atoms with Crippen LogP contribution in [0.2, 0.25) is 5.02 Å². The summed E-state index contributed by atoms with van der Waals surface area (Å²) in [7, 11) is 0. The minimum Gasteiger partial charge on any atom is -0.297 e. The van der Waals surface area contributed by atoms with Crippen molar-refractivity contribution in [2.75, 3.05) is 12.4 Å². The molecule has 0 aliphatic rings. The molecule has 0 bridgehead atoms. The first-order chi connectivity index (χ1) is 8.04. The molecule has 0 aromatic heterocycles. The fourth-order valence-electron chi connectivity index (χ4n) is 1.66. The van der Waals surface area contributed by atoms with E-state index in [-0.39, 0.29) is 10.8 Å². The Morgan fingerprint density at radius 3 is 2.59 bits per heavy atom. The van der Waals surface area contributed by atoms with Crippen LogP contribution in [0.5, 0.6) is 0 Å². The summed E-state index contributed by atoms with van der Waals surface area (Å²) in [6.45, 7) is 5.90. The van der Waals surface area contributed by atoms with Crippen LogP contribution in [0.15, 0.2) is 18.2 Å². The zero-order valence-corrected chi connectivity index (χ0v) is 11.7. The summed E-state index contributed by atoms with van der Waals surface area (Å²) in [5.74, 6) is 0.295. The van der Waals surface area contributed by atoms with Gasteiger partial charge in [-0.25, -0.2) is 4.39 Å². The number of halogens is 3. The van der Waals surface area contributed by atoms with Crippen LogP contribution in [-0.4, -0.2) is 23.4 Å². The van der Waals surface area contributed by atoms with Gasteiger partial charge in [0.2, 0.25) is 0 Å². The Bertz CT molecular complexity index is 355. The van der Waals surface area contributed by atoms with Gasteiger partial charge in [-0.15, -0.1) is 11.6 Å². The van der Waals surface area contributed by atoms with Crippen LogP contribution in [0.25, 0.3) is 0 Å². The SMILES string of the molecule is CC(C)N(CCCCl)Cc1ccc(Cl)c(F)c1. The van der Waals surface area contributed by atoms with E-state index in [1.165, 1.54) is 6.07 Å². The largest absolute Gasteiger partial charge is 0.297 e. The summed E-state index contributed by atoms with van der Waals surface area (Å²) in [6.07, 6.45) is 0.940. The standard InChI is InChI=1S/C13H18Cl2FN/c1-10(2)17(7-3-6-14)9-11-4-5-12(15)13(16)8-11/h4-5,8,10H,3,6-7,9H2,1-2H3. The van der Waals surface area contributed by atoms with Crippen molar-refractivity contribution in [3.05, 3.63) is 34.6 Å². The second-order valence-corrected chi connectivity index (χ2v) is 5.14. The zero-order valence-electron chi connectivity index (χ0n) is 10.2. The maximum absolute atomic E-state index is 13.3. The summed E-state index contributed by atoms with van der Waals surface area (Å²) in [4.78, 5) is 2.27. The number of rotatable bonds is 6. The molecule has 0 N–H and O–H groups in total. The van der Waals surface area contributed by atoms with Crippen molar-refractivity contribution in [3.63, 3.8) is 0 Å². The highest BCUT2D eigenvalue weighted by Gasteiger charge is 2.10. The monoisotopic (exact) mass is 277 g/mol. The van der Waals surface area contributed by atoms with Crippen molar-refractivity contribution in [2.45, 2.75) is 32.9 Å². The molecule has 0 spiro atoms. The summed E-state index contributed by atoms with van der Waals surface area (Å²) in [6, 6.07) is 5.38. The molecule has 0 fully saturated rings. The topological polar surface area (TPSA) is 3.24 Å². The van der Waals surface area contributed by atoms with Gasteiger partial charge in [-0.05, 0) is 44.5 Å². The molecule has 0 radical (unpaired) electrons. The summed E-state index contributed by atoms with van der Waals surface area (Å²) in [5.41, 5.74) is 0.940. The number of nitrogens with zero attached hydrogens (tertiary/aromatic N) is 1. The minimum atomic E-state index is -0.356. The lowest BCUT2D eigenvalue weighted by Gasteiger charge is -2.26. The minimum absolute atomic E-state index is 0.172. The van der Waals surface area contributed by atoms with E-state index in [4.69, 9.17) is 23.2 Å². The van der Waals surface area contributed by atoms with Crippen molar-refractivity contribution in [1.29, 1.82) is 0 Å². The lowest BCUT2D eigenvalue weighted by atomic mass is 10.1. The zero-order chi connectivity index (χ0) is 12.8. The molecule has 0 saturated carbocycles. The molecular formula is C13H18Cl2FN. The first-order valence-corrected chi connectivity index (χ1v) is 6.69. The molecule has 0 heterocycles. The molecule has 1 aromatic rings. The van der Waals surface area contributed by atoms with E-state index in [9.17, 15) is 4.39 Å². The van der Waals surface area contributed by atoms with E-state index in [1.54, 1.807) is 6.07 Å². The van der Waals surface area contributed by atoms with Crippen molar-refractivity contribution in [1.82, 2.24) is 4.90 Å². The molecule has 0 unspecified atom stereocenters. The Kier molecular flexibility index (Phi) is 6.24. The Morgan fingerprint density at radius 2 is 2.06 bits per heavy atom. The van der Waals surface area contributed by atoms with E-state index >= 15 is 0 Å². The van der Waals surface area contributed by atoms with Gasteiger partial charge < -0.3 is 0 Å². The Labute approximate surface area is 113 Å². The van der Waals surface area contributed by atoms with E-state index in [0.717, 1.165) is 25.1 Å². The van der Waals surface area contributed by atoms with Crippen LogP contribution in [0.4, 0.5) is 4.39 Å². The summed E-state index contributed by atoms with van der Waals surface area (Å²) >= 11 is 11.4. The van der Waals surface area contributed by atoms with Gasteiger partial charge in [-0.2, -0.15) is 0 Å². The average Bonchev–Trinajstić information content (AvgIpc) is 2.28. The van der Waals surface area contributed by atoms with Gasteiger partial charge >= 0.3 is 0 Å². The first-order valence-electron chi connectivity index (χ1n) is 5.78. The van der Waals surface area contributed by atoms with Crippen LogP contribution in [-0.2, 0) is 6.54 Å². The van der Waals surface area contributed by atoms with E-state index < -0.39 is 0 Å². The molecule has 0 atom stereocenters. The lowest BCUT2D eigenvalue weighted by molar-refractivity contribution is 0.213. The molecule has 4 heteroatoms. The van der Waals surface area contributed by atoms with E-state index in [1.807, 2.05) is 6.07 Å². The quantitative estimate of drug-likeness (QED) is 0.700. The van der Waals surface area contributed by atoms with Crippen LogP contribution in [0, 0.1) is 5.82 Å². The maximum Gasteiger partial charge on any atom is 0.142 e. The summed E-state index contributed by atoms with van der Waals surface area (Å²) < 4.78 is 13.3. The molecule has 0 aliphatic heterocycles. The third-order valence-corrected chi connectivity index (χ3v) is 3.25. The number of hydrogen-bond donors (Lipinski definition) is 0. The second kappa shape index (κ2) is 7.20. The molecule has 17 heavy (non-hydrogen) atoms. The highest BCUT2D eigenvalue weighted by atomic mass is 35.5. The fraction of sp³-hybridized carbons (Fsp3) is 0.538. The molecule has 1 rings (SSSR count). The van der Waals surface area contributed by atoms with Crippen molar-refractivity contribution >= 4 is 23.2 Å². The second-order valence-electron chi connectivity index (χ2n) is 4.36. The van der Waals surface area contributed by atoms with Crippen LogP contribution < -0.4 is 0 Å². The third kappa shape index (κ3) is 4.82. The third-order valence-electron chi connectivity index (χ3n) is 2.68. The highest BCUT2D eigenvalue weighted by Crippen LogP contribution is 2.17. The van der Waals surface area contributed by atoms with E-state index in [2.05, 4.69) is 18.7 Å². The predicted molar refractivity (Wildman–Crippen MR) is 72.3 cm³/mol. The van der Waals surface area contributed by atoms with Gasteiger partial charge in [0.1, 0.15) is 5.82 Å². The number of hydrogen-bond acceptors (Lipinski definition) is 1. The van der Waals surface area contributed by atoms with Gasteiger partial charge in [0.05, 0.1) is 5.02 Å². The first kappa shape index (κ1) is 14.7. The normalized spacial score (nSPS) is 11.5. The van der Waals surface area contributed by atoms with Gasteiger partial charge in [0, 0.05) is 18.5 Å². The van der Waals surface area contributed by atoms with Gasteiger partial charge in [0.25, 0.3) is 0 Å². The molecule has 0 amide bonds. The number of benzene rings is 1. The molecule has 0 aliphatic carbocycles. The smallest absolute Gasteiger partial charge is 0.142 e. The molecular weight excluding hydrogens is 260 g/mol. The van der Waals surface area contributed by atoms with Gasteiger partial charge in [-0.1, -0.05) is 17.7 Å². The Morgan fingerprint density at radius 1 is 1.35 bits per heavy atom. The lowest BCUT2D eigenvalue weighted by Crippen LogP contribution is -2.31. The molecule has 96 valence electrons. The fourth-order valence-corrected chi connectivity index (χ4v) is 1.89. The Hall–Kier alpha value is -0.310. The van der Waals surface area contributed by atoms with Crippen LogP contribution in [0.1, 0.15) is 25.8 Å². The van der Waals surface area contributed by atoms with E-state index in [0.29, 0.717) is 11.9 Å². The highest BCUT2D eigenvalue weighted by molar-refractivity contribution is 6.30. The average molecular weight is 278 g/mol. The van der Waals surface area contributed by atoms with Crippen LogP contribution in [0.3, 0.4) is 0 Å². The van der Waals surface area contributed by atoms with Crippen molar-refractivity contribution in [3.8, 4) is 0 Å². The predicted octanol–water partition coefficient (Wildman–Crippen LogP) is 4.32. The molecule has 0 saturated heterocycles. The number of alkyl halides is 1. The molecule has 1 nitrogen and oxygen atoms in total. The maximum atomic E-state index is 13.3. The van der Waals surface area contributed by atoms with Crippen LogP contribution >= 0.6 is 23.2 Å². The molecule has 1 aromatic carbocycles. The van der Waals surface area contributed by atoms with Crippen molar-refractivity contribution in [2.24, 2.45) is 0 Å². The summed E-state index contributed by atoms with van der Waals surface area (Å²) in [5, 5.41) is 0.172. The van der Waals surface area contributed by atoms with Gasteiger partial charge in [-0.3, -0.25) is 4.90 Å². The Balaban J connectivity index is 2.68. The van der Waals surface area contributed by atoms with Gasteiger partial charge in [0.15, 0.2) is 0 Å². The van der Waals surface area contributed by atoms with Crippen molar-refractivity contribution < 1.29 is 4.39 Å².